The molecule has 0 bridgehead atoms. The van der Waals surface area contributed by atoms with Gasteiger partial charge in [0, 0.05) is 24.7 Å². The van der Waals surface area contributed by atoms with Crippen molar-refractivity contribution in [2.24, 2.45) is 5.73 Å². The molecule has 4 nitrogen and oxygen atoms in total. The van der Waals surface area contributed by atoms with Crippen LogP contribution in [0.15, 0.2) is 36.5 Å². The molecule has 0 amide bonds. The van der Waals surface area contributed by atoms with Gasteiger partial charge in [-0.15, -0.1) is 0 Å². The second-order valence-corrected chi connectivity index (χ2v) is 5.13. The molecular formula is C16H23N3O. The van der Waals surface area contributed by atoms with Crippen molar-refractivity contribution in [2.45, 2.75) is 38.8 Å². The SMILES string of the molecule is CCC(C)n1ccc(CC(N)c2ccc(OC)cc2)n1. The third-order valence-corrected chi connectivity index (χ3v) is 3.68. The van der Waals surface area contributed by atoms with Gasteiger partial charge in [0.15, 0.2) is 0 Å². The number of benzene rings is 1. The van der Waals surface area contributed by atoms with Crippen LogP contribution in [-0.2, 0) is 6.42 Å². The van der Waals surface area contributed by atoms with Crippen molar-refractivity contribution >= 4 is 0 Å². The Hall–Kier alpha value is -1.81. The monoisotopic (exact) mass is 273 g/mol. The van der Waals surface area contributed by atoms with E-state index >= 15 is 0 Å². The molecule has 2 atom stereocenters. The van der Waals surface area contributed by atoms with E-state index in [0.717, 1.165) is 29.8 Å². The Labute approximate surface area is 120 Å². The molecule has 0 aliphatic rings. The molecular weight excluding hydrogens is 250 g/mol. The Balaban J connectivity index is 2.03. The molecule has 1 aromatic carbocycles. The van der Waals surface area contributed by atoms with E-state index in [4.69, 9.17) is 10.5 Å². The van der Waals surface area contributed by atoms with Crippen LogP contribution in [0.25, 0.3) is 0 Å². The molecule has 1 aromatic heterocycles. The third-order valence-electron chi connectivity index (χ3n) is 3.68. The molecule has 4 heteroatoms. The minimum Gasteiger partial charge on any atom is -0.497 e. The molecule has 0 spiro atoms. The first-order chi connectivity index (χ1) is 9.63. The average molecular weight is 273 g/mol. The summed E-state index contributed by atoms with van der Waals surface area (Å²) in [6.07, 6.45) is 3.85. The number of methoxy groups -OCH3 is 1. The fraction of sp³-hybridized carbons (Fsp3) is 0.438. The molecule has 0 saturated carbocycles. The average Bonchev–Trinajstić information content (AvgIpc) is 2.95. The Morgan fingerprint density at radius 3 is 2.55 bits per heavy atom. The van der Waals surface area contributed by atoms with Gasteiger partial charge >= 0.3 is 0 Å². The minimum absolute atomic E-state index is 0.0406. The second kappa shape index (κ2) is 6.57. The maximum Gasteiger partial charge on any atom is 0.118 e. The molecule has 2 N–H and O–H groups in total. The van der Waals surface area contributed by atoms with Gasteiger partial charge in [0.25, 0.3) is 0 Å². The summed E-state index contributed by atoms with van der Waals surface area (Å²) in [5.74, 6) is 0.849. The van der Waals surface area contributed by atoms with Gasteiger partial charge in [-0.25, -0.2) is 0 Å². The zero-order valence-corrected chi connectivity index (χ0v) is 12.4. The molecule has 20 heavy (non-hydrogen) atoms. The zero-order valence-electron chi connectivity index (χ0n) is 12.4. The van der Waals surface area contributed by atoms with E-state index in [9.17, 15) is 0 Å². The Kier molecular flexibility index (Phi) is 4.79. The summed E-state index contributed by atoms with van der Waals surface area (Å²) < 4.78 is 7.16. The van der Waals surface area contributed by atoms with Crippen molar-refractivity contribution in [2.75, 3.05) is 7.11 Å². The predicted octanol–water partition coefficient (Wildman–Crippen LogP) is 3.11. The molecule has 108 valence electrons. The first kappa shape index (κ1) is 14.6. The number of nitrogens with two attached hydrogens (primary N) is 1. The highest BCUT2D eigenvalue weighted by atomic mass is 16.5. The van der Waals surface area contributed by atoms with Gasteiger partial charge in [-0.2, -0.15) is 5.10 Å². The summed E-state index contributed by atoms with van der Waals surface area (Å²) in [6.45, 7) is 4.33. The Morgan fingerprint density at radius 2 is 1.95 bits per heavy atom. The number of rotatable bonds is 6. The van der Waals surface area contributed by atoms with Crippen molar-refractivity contribution in [3.05, 3.63) is 47.8 Å². The number of aromatic nitrogens is 2. The second-order valence-electron chi connectivity index (χ2n) is 5.13. The smallest absolute Gasteiger partial charge is 0.118 e. The molecule has 0 saturated heterocycles. The van der Waals surface area contributed by atoms with Gasteiger partial charge in [0.2, 0.25) is 0 Å². The number of hydrogen-bond acceptors (Lipinski definition) is 3. The molecule has 2 unspecified atom stereocenters. The Morgan fingerprint density at radius 1 is 1.25 bits per heavy atom. The highest BCUT2D eigenvalue weighted by Gasteiger charge is 2.11. The lowest BCUT2D eigenvalue weighted by Crippen LogP contribution is -2.14. The van der Waals surface area contributed by atoms with E-state index in [1.807, 2.05) is 35.1 Å². The normalized spacial score (nSPS) is 14.0. The third kappa shape index (κ3) is 3.39. The van der Waals surface area contributed by atoms with E-state index in [2.05, 4.69) is 25.0 Å². The van der Waals surface area contributed by atoms with E-state index in [1.165, 1.54) is 0 Å². The van der Waals surface area contributed by atoms with Crippen LogP contribution in [0.2, 0.25) is 0 Å². The van der Waals surface area contributed by atoms with E-state index in [1.54, 1.807) is 7.11 Å². The molecule has 0 aliphatic heterocycles. The van der Waals surface area contributed by atoms with Crippen LogP contribution in [0.5, 0.6) is 5.75 Å². The van der Waals surface area contributed by atoms with Crippen LogP contribution in [0.3, 0.4) is 0 Å². The fourth-order valence-corrected chi connectivity index (χ4v) is 2.11. The lowest BCUT2D eigenvalue weighted by Gasteiger charge is -2.12. The maximum absolute atomic E-state index is 6.25. The van der Waals surface area contributed by atoms with E-state index < -0.39 is 0 Å². The highest BCUT2D eigenvalue weighted by Crippen LogP contribution is 2.19. The van der Waals surface area contributed by atoms with Gasteiger partial charge in [-0.3, -0.25) is 4.68 Å². The lowest BCUT2D eigenvalue weighted by molar-refractivity contribution is 0.414. The largest absolute Gasteiger partial charge is 0.497 e. The number of hydrogen-bond donors (Lipinski definition) is 1. The molecule has 0 radical (unpaired) electrons. The van der Waals surface area contributed by atoms with E-state index in [-0.39, 0.29) is 6.04 Å². The van der Waals surface area contributed by atoms with Gasteiger partial charge in [-0.05, 0) is 37.1 Å². The molecule has 0 fully saturated rings. The van der Waals surface area contributed by atoms with Crippen LogP contribution in [-0.4, -0.2) is 16.9 Å². The van der Waals surface area contributed by atoms with Crippen LogP contribution in [0.4, 0.5) is 0 Å². The number of nitrogens with zero attached hydrogens (tertiary/aromatic N) is 2. The number of ether oxygens (including phenoxy) is 1. The highest BCUT2D eigenvalue weighted by molar-refractivity contribution is 5.29. The maximum atomic E-state index is 6.25. The van der Waals surface area contributed by atoms with Crippen molar-refractivity contribution in [3.8, 4) is 5.75 Å². The summed E-state index contributed by atoms with van der Waals surface area (Å²) in [7, 11) is 1.66. The van der Waals surface area contributed by atoms with Gasteiger partial charge in [0.1, 0.15) is 5.75 Å². The van der Waals surface area contributed by atoms with Crippen molar-refractivity contribution in [1.82, 2.24) is 9.78 Å². The van der Waals surface area contributed by atoms with Gasteiger partial charge in [0.05, 0.1) is 12.8 Å². The molecule has 1 heterocycles. The summed E-state index contributed by atoms with van der Waals surface area (Å²) in [5, 5.41) is 4.59. The summed E-state index contributed by atoms with van der Waals surface area (Å²) in [4.78, 5) is 0. The van der Waals surface area contributed by atoms with Crippen LogP contribution < -0.4 is 10.5 Å². The Bertz CT molecular complexity index is 533. The summed E-state index contributed by atoms with van der Waals surface area (Å²) in [5.41, 5.74) is 8.38. The molecule has 0 aliphatic carbocycles. The van der Waals surface area contributed by atoms with Crippen LogP contribution >= 0.6 is 0 Å². The zero-order chi connectivity index (χ0) is 14.5. The van der Waals surface area contributed by atoms with Crippen molar-refractivity contribution in [1.29, 1.82) is 0 Å². The van der Waals surface area contributed by atoms with Gasteiger partial charge in [-0.1, -0.05) is 19.1 Å². The summed E-state index contributed by atoms with van der Waals surface area (Å²) >= 11 is 0. The fourth-order valence-electron chi connectivity index (χ4n) is 2.11. The predicted molar refractivity (Wildman–Crippen MR) is 80.9 cm³/mol. The first-order valence-electron chi connectivity index (χ1n) is 7.07. The van der Waals surface area contributed by atoms with Crippen LogP contribution in [0, 0.1) is 0 Å². The van der Waals surface area contributed by atoms with Gasteiger partial charge < -0.3 is 10.5 Å². The lowest BCUT2D eigenvalue weighted by atomic mass is 10.0. The van der Waals surface area contributed by atoms with Crippen molar-refractivity contribution < 1.29 is 4.74 Å². The first-order valence-corrected chi connectivity index (χ1v) is 7.07. The topological polar surface area (TPSA) is 53.1 Å². The molecule has 2 rings (SSSR count). The molecule has 2 aromatic rings. The van der Waals surface area contributed by atoms with E-state index in [0.29, 0.717) is 6.04 Å². The standard InChI is InChI=1S/C16H23N3O/c1-4-12(2)19-10-9-14(18-19)11-16(17)13-5-7-15(20-3)8-6-13/h5-10,12,16H,4,11,17H2,1-3H3. The van der Waals surface area contributed by atoms with Crippen LogP contribution in [0.1, 0.15) is 43.6 Å². The summed E-state index contributed by atoms with van der Waals surface area (Å²) in [6, 6.07) is 10.3. The quantitative estimate of drug-likeness (QED) is 0.880. The van der Waals surface area contributed by atoms with Crippen molar-refractivity contribution in [3.63, 3.8) is 0 Å². The minimum atomic E-state index is -0.0406.